The standard InChI is InChI=1S/C15H12Cl2N2/c1-9-3-2-4-10(5-9)6-15-18-13-7-11(16)12(17)8-14(13)19-15/h2-5,7-8H,6H2,1H3,(H,18,19). The third-order valence-corrected chi connectivity index (χ3v) is 3.75. The van der Waals surface area contributed by atoms with E-state index in [0.29, 0.717) is 10.0 Å². The van der Waals surface area contributed by atoms with Gasteiger partial charge in [-0.3, -0.25) is 0 Å². The van der Waals surface area contributed by atoms with Crippen LogP contribution in [0.3, 0.4) is 0 Å². The summed E-state index contributed by atoms with van der Waals surface area (Å²) in [5, 5.41) is 1.07. The maximum Gasteiger partial charge on any atom is 0.111 e. The first-order valence-electron chi connectivity index (χ1n) is 6.01. The highest BCUT2D eigenvalue weighted by molar-refractivity contribution is 6.42. The van der Waals surface area contributed by atoms with E-state index in [9.17, 15) is 0 Å². The van der Waals surface area contributed by atoms with Crippen LogP contribution in [-0.2, 0) is 6.42 Å². The van der Waals surface area contributed by atoms with E-state index in [-0.39, 0.29) is 0 Å². The van der Waals surface area contributed by atoms with Crippen molar-refractivity contribution in [2.45, 2.75) is 13.3 Å². The highest BCUT2D eigenvalue weighted by Gasteiger charge is 2.07. The van der Waals surface area contributed by atoms with Crippen LogP contribution in [0.2, 0.25) is 10.0 Å². The number of fused-ring (bicyclic) bond motifs is 1. The van der Waals surface area contributed by atoms with Crippen LogP contribution in [0.1, 0.15) is 17.0 Å². The van der Waals surface area contributed by atoms with Crippen molar-refractivity contribution >= 4 is 34.2 Å². The van der Waals surface area contributed by atoms with Gasteiger partial charge in [-0.1, -0.05) is 53.0 Å². The molecule has 0 fully saturated rings. The van der Waals surface area contributed by atoms with Crippen LogP contribution in [0.4, 0.5) is 0 Å². The molecule has 3 rings (SSSR count). The molecule has 0 amide bonds. The Balaban J connectivity index is 1.97. The summed E-state index contributed by atoms with van der Waals surface area (Å²) in [6.45, 7) is 2.09. The maximum atomic E-state index is 6.00. The third-order valence-electron chi connectivity index (χ3n) is 3.03. The summed E-state index contributed by atoms with van der Waals surface area (Å²) in [5.41, 5.74) is 4.24. The lowest BCUT2D eigenvalue weighted by atomic mass is 10.1. The molecule has 1 N–H and O–H groups in total. The Kier molecular flexibility index (Phi) is 3.21. The molecule has 1 aromatic heterocycles. The van der Waals surface area contributed by atoms with Crippen molar-refractivity contribution in [1.82, 2.24) is 9.97 Å². The summed E-state index contributed by atoms with van der Waals surface area (Å²) >= 11 is 12.0. The van der Waals surface area contributed by atoms with Crippen molar-refractivity contribution in [3.63, 3.8) is 0 Å². The number of halogens is 2. The molecule has 0 spiro atoms. The van der Waals surface area contributed by atoms with Crippen LogP contribution in [0.25, 0.3) is 11.0 Å². The molecule has 0 saturated heterocycles. The van der Waals surface area contributed by atoms with Gasteiger partial charge in [0.25, 0.3) is 0 Å². The quantitative estimate of drug-likeness (QED) is 0.724. The highest BCUT2D eigenvalue weighted by Crippen LogP contribution is 2.26. The van der Waals surface area contributed by atoms with Gasteiger partial charge in [0.15, 0.2) is 0 Å². The molecule has 0 bridgehead atoms. The van der Waals surface area contributed by atoms with Gasteiger partial charge in [-0.15, -0.1) is 0 Å². The average molecular weight is 291 g/mol. The topological polar surface area (TPSA) is 28.7 Å². The van der Waals surface area contributed by atoms with Gasteiger partial charge in [0.05, 0.1) is 21.1 Å². The number of rotatable bonds is 2. The fourth-order valence-electron chi connectivity index (χ4n) is 2.16. The molecule has 0 aliphatic rings. The SMILES string of the molecule is Cc1cccc(Cc2nc3cc(Cl)c(Cl)cc3[nH]2)c1. The Morgan fingerprint density at radius 3 is 2.68 bits per heavy atom. The second-order valence-electron chi connectivity index (χ2n) is 4.63. The Morgan fingerprint density at radius 1 is 1.11 bits per heavy atom. The van der Waals surface area contributed by atoms with Crippen LogP contribution in [-0.4, -0.2) is 9.97 Å². The van der Waals surface area contributed by atoms with Gasteiger partial charge >= 0.3 is 0 Å². The molecular formula is C15H12Cl2N2. The van der Waals surface area contributed by atoms with Crippen LogP contribution in [0.15, 0.2) is 36.4 Å². The van der Waals surface area contributed by atoms with Crippen molar-refractivity contribution in [1.29, 1.82) is 0 Å². The second kappa shape index (κ2) is 4.87. The number of benzene rings is 2. The van der Waals surface area contributed by atoms with E-state index >= 15 is 0 Å². The molecule has 19 heavy (non-hydrogen) atoms. The Labute approximate surface area is 121 Å². The van der Waals surface area contributed by atoms with E-state index in [0.717, 1.165) is 23.3 Å². The van der Waals surface area contributed by atoms with Crippen LogP contribution in [0, 0.1) is 6.92 Å². The molecule has 2 aromatic carbocycles. The van der Waals surface area contributed by atoms with Gasteiger partial charge in [0.1, 0.15) is 5.82 Å². The first-order valence-corrected chi connectivity index (χ1v) is 6.76. The number of aryl methyl sites for hydroxylation is 1. The second-order valence-corrected chi connectivity index (χ2v) is 5.45. The van der Waals surface area contributed by atoms with E-state index < -0.39 is 0 Å². The Bertz CT molecular complexity index is 708. The Hall–Kier alpha value is -1.51. The number of H-pyrrole nitrogens is 1. The maximum absolute atomic E-state index is 6.00. The molecule has 0 atom stereocenters. The number of aromatic nitrogens is 2. The molecule has 0 radical (unpaired) electrons. The summed E-state index contributed by atoms with van der Waals surface area (Å²) in [5.74, 6) is 0.916. The molecule has 0 aliphatic carbocycles. The lowest BCUT2D eigenvalue weighted by molar-refractivity contribution is 1.04. The molecular weight excluding hydrogens is 279 g/mol. The number of imidazole rings is 1. The fourth-order valence-corrected chi connectivity index (χ4v) is 2.48. The summed E-state index contributed by atoms with van der Waals surface area (Å²) < 4.78 is 0. The minimum Gasteiger partial charge on any atom is -0.342 e. The average Bonchev–Trinajstić information content (AvgIpc) is 2.71. The smallest absolute Gasteiger partial charge is 0.111 e. The molecule has 0 unspecified atom stereocenters. The van der Waals surface area contributed by atoms with Crippen LogP contribution in [0.5, 0.6) is 0 Å². The van der Waals surface area contributed by atoms with Gasteiger partial charge in [0.2, 0.25) is 0 Å². The van der Waals surface area contributed by atoms with Crippen molar-refractivity contribution in [2.75, 3.05) is 0 Å². The van der Waals surface area contributed by atoms with Crippen molar-refractivity contribution in [3.8, 4) is 0 Å². The number of nitrogens with zero attached hydrogens (tertiary/aromatic N) is 1. The largest absolute Gasteiger partial charge is 0.342 e. The minimum atomic E-state index is 0.530. The van der Waals surface area contributed by atoms with E-state index in [4.69, 9.17) is 23.2 Å². The van der Waals surface area contributed by atoms with E-state index in [1.807, 2.05) is 6.07 Å². The predicted molar refractivity (Wildman–Crippen MR) is 80.1 cm³/mol. The highest BCUT2D eigenvalue weighted by atomic mass is 35.5. The lowest BCUT2D eigenvalue weighted by Gasteiger charge is -1.99. The molecule has 0 saturated carbocycles. The van der Waals surface area contributed by atoms with E-state index in [1.54, 1.807) is 6.07 Å². The molecule has 4 heteroatoms. The van der Waals surface area contributed by atoms with E-state index in [1.165, 1.54) is 11.1 Å². The van der Waals surface area contributed by atoms with Crippen LogP contribution >= 0.6 is 23.2 Å². The van der Waals surface area contributed by atoms with Gasteiger partial charge in [-0.05, 0) is 24.6 Å². The van der Waals surface area contributed by atoms with Crippen LogP contribution < -0.4 is 0 Å². The van der Waals surface area contributed by atoms with Gasteiger partial charge in [-0.2, -0.15) is 0 Å². The zero-order valence-electron chi connectivity index (χ0n) is 10.4. The zero-order valence-corrected chi connectivity index (χ0v) is 11.9. The first-order chi connectivity index (χ1) is 9.11. The third kappa shape index (κ3) is 2.60. The fraction of sp³-hybridized carbons (Fsp3) is 0.133. The number of hydrogen-bond acceptors (Lipinski definition) is 1. The minimum absolute atomic E-state index is 0.530. The Morgan fingerprint density at radius 2 is 1.89 bits per heavy atom. The van der Waals surface area contributed by atoms with Gasteiger partial charge in [-0.25, -0.2) is 4.98 Å². The lowest BCUT2D eigenvalue weighted by Crippen LogP contribution is -1.90. The number of aromatic amines is 1. The first kappa shape index (κ1) is 12.5. The summed E-state index contributed by atoms with van der Waals surface area (Å²) in [4.78, 5) is 7.82. The van der Waals surface area contributed by atoms with Gasteiger partial charge < -0.3 is 4.98 Å². The van der Waals surface area contributed by atoms with Crippen molar-refractivity contribution in [2.24, 2.45) is 0 Å². The number of hydrogen-bond donors (Lipinski definition) is 1. The summed E-state index contributed by atoms with van der Waals surface area (Å²) in [6, 6.07) is 12.0. The summed E-state index contributed by atoms with van der Waals surface area (Å²) in [6.07, 6.45) is 0.769. The molecule has 96 valence electrons. The molecule has 3 aromatic rings. The van der Waals surface area contributed by atoms with E-state index in [2.05, 4.69) is 41.2 Å². The van der Waals surface area contributed by atoms with Crippen molar-refractivity contribution in [3.05, 3.63) is 63.4 Å². The normalized spacial score (nSPS) is 11.1. The molecule has 0 aliphatic heterocycles. The monoisotopic (exact) mass is 290 g/mol. The van der Waals surface area contributed by atoms with Gasteiger partial charge in [0, 0.05) is 6.42 Å². The molecule has 2 nitrogen and oxygen atoms in total. The number of nitrogens with one attached hydrogen (secondary N) is 1. The summed E-state index contributed by atoms with van der Waals surface area (Å²) in [7, 11) is 0. The molecule has 1 heterocycles. The zero-order chi connectivity index (χ0) is 13.4. The predicted octanol–water partition coefficient (Wildman–Crippen LogP) is 4.77. The van der Waals surface area contributed by atoms with Crippen molar-refractivity contribution < 1.29 is 0 Å².